The van der Waals surface area contributed by atoms with Crippen molar-refractivity contribution in [2.75, 3.05) is 58.3 Å². The number of ether oxygens (including phenoxy) is 1. The maximum Gasteiger partial charge on any atom is 0.410 e. The summed E-state index contributed by atoms with van der Waals surface area (Å²) in [6.07, 6.45) is 2.80. The van der Waals surface area contributed by atoms with Crippen LogP contribution < -0.4 is 10.2 Å². The van der Waals surface area contributed by atoms with Crippen molar-refractivity contribution >= 4 is 34.6 Å². The lowest BCUT2D eigenvalue weighted by Gasteiger charge is -2.39. The van der Waals surface area contributed by atoms with Crippen LogP contribution >= 0.6 is 0 Å². The lowest BCUT2D eigenvalue weighted by molar-refractivity contribution is -0.120. The molecule has 0 bridgehead atoms. The molecule has 43 heavy (non-hydrogen) atoms. The summed E-state index contributed by atoms with van der Waals surface area (Å²) in [7, 11) is 4.10. The van der Waals surface area contributed by atoms with Crippen molar-refractivity contribution in [1.29, 1.82) is 0 Å². The SMILES string of the molecule is CN(C)C[C@@H]1Cc2ccccc2N(C(=O)C(Cc2c[nH]c3ccccc23)NC(=O)N2CCN(C(=O)OC(C)(C)C)CC2)C1. The molecule has 1 unspecified atom stereocenters. The molecule has 0 saturated carbocycles. The van der Waals surface area contributed by atoms with Crippen molar-refractivity contribution in [1.82, 2.24) is 25.0 Å². The summed E-state index contributed by atoms with van der Waals surface area (Å²) in [5.41, 5.74) is 3.43. The predicted molar refractivity (Wildman–Crippen MR) is 168 cm³/mol. The van der Waals surface area contributed by atoms with Gasteiger partial charge in [-0.2, -0.15) is 0 Å². The number of urea groups is 1. The zero-order chi connectivity index (χ0) is 30.7. The molecule has 2 aliphatic rings. The number of rotatable bonds is 6. The van der Waals surface area contributed by atoms with Gasteiger partial charge in [0, 0.05) is 68.5 Å². The summed E-state index contributed by atoms with van der Waals surface area (Å²) in [4.78, 5) is 51.3. The molecule has 10 heteroatoms. The highest BCUT2D eigenvalue weighted by atomic mass is 16.6. The van der Waals surface area contributed by atoms with E-state index in [1.165, 1.54) is 0 Å². The molecule has 1 aromatic heterocycles. The van der Waals surface area contributed by atoms with Gasteiger partial charge in [-0.05, 0) is 70.5 Å². The first-order valence-electron chi connectivity index (χ1n) is 15.1. The molecule has 5 rings (SSSR count). The maximum absolute atomic E-state index is 14.4. The highest BCUT2D eigenvalue weighted by Gasteiger charge is 2.35. The molecular weight excluding hydrogens is 544 g/mol. The van der Waals surface area contributed by atoms with E-state index < -0.39 is 11.6 Å². The summed E-state index contributed by atoms with van der Waals surface area (Å²) in [5.74, 6) is 0.154. The van der Waals surface area contributed by atoms with E-state index in [1.807, 2.05) is 74.3 Å². The van der Waals surface area contributed by atoms with Crippen molar-refractivity contribution in [3.63, 3.8) is 0 Å². The minimum atomic E-state index is -0.776. The number of aromatic nitrogens is 1. The van der Waals surface area contributed by atoms with E-state index in [-0.39, 0.29) is 23.9 Å². The van der Waals surface area contributed by atoms with Gasteiger partial charge in [0.25, 0.3) is 0 Å². The molecule has 2 atom stereocenters. The average Bonchev–Trinajstić information content (AvgIpc) is 3.37. The smallest absolute Gasteiger partial charge is 0.410 e. The second-order valence-electron chi connectivity index (χ2n) is 12.9. The lowest BCUT2D eigenvalue weighted by atomic mass is 9.91. The number of nitrogens with zero attached hydrogens (tertiary/aromatic N) is 4. The van der Waals surface area contributed by atoms with E-state index in [0.717, 1.165) is 40.7 Å². The third-order valence-electron chi connectivity index (χ3n) is 8.03. The summed E-state index contributed by atoms with van der Waals surface area (Å²) in [5, 5.41) is 4.12. The minimum Gasteiger partial charge on any atom is -0.444 e. The third kappa shape index (κ3) is 7.30. The van der Waals surface area contributed by atoms with Crippen LogP contribution in [0.4, 0.5) is 15.3 Å². The van der Waals surface area contributed by atoms with Crippen LogP contribution in [0.25, 0.3) is 10.9 Å². The highest BCUT2D eigenvalue weighted by molar-refractivity contribution is 6.00. The van der Waals surface area contributed by atoms with Crippen LogP contribution in [0.3, 0.4) is 0 Å². The first-order chi connectivity index (χ1) is 20.5. The van der Waals surface area contributed by atoms with Gasteiger partial charge in [0.15, 0.2) is 0 Å². The Morgan fingerprint density at radius 3 is 2.40 bits per heavy atom. The van der Waals surface area contributed by atoms with Gasteiger partial charge in [0.1, 0.15) is 11.6 Å². The first kappa shape index (κ1) is 30.4. The summed E-state index contributed by atoms with van der Waals surface area (Å²) >= 11 is 0. The third-order valence-corrected chi connectivity index (χ3v) is 8.03. The van der Waals surface area contributed by atoms with Crippen molar-refractivity contribution in [3.8, 4) is 0 Å². The number of anilines is 1. The highest BCUT2D eigenvalue weighted by Crippen LogP contribution is 2.31. The van der Waals surface area contributed by atoms with Gasteiger partial charge in [0.05, 0.1) is 0 Å². The molecule has 2 aromatic carbocycles. The van der Waals surface area contributed by atoms with E-state index in [4.69, 9.17) is 4.74 Å². The molecule has 0 radical (unpaired) electrons. The predicted octanol–water partition coefficient (Wildman–Crippen LogP) is 4.11. The Labute approximate surface area is 253 Å². The molecule has 2 aliphatic heterocycles. The second-order valence-corrected chi connectivity index (χ2v) is 12.9. The van der Waals surface area contributed by atoms with Gasteiger partial charge < -0.3 is 34.6 Å². The molecular formula is C33H44N6O4. The number of H-pyrrole nitrogens is 1. The number of hydrogen-bond acceptors (Lipinski definition) is 5. The van der Waals surface area contributed by atoms with E-state index in [9.17, 15) is 14.4 Å². The Bertz CT molecular complexity index is 1450. The molecule has 3 aromatic rings. The topological polar surface area (TPSA) is 101 Å². The van der Waals surface area contributed by atoms with Crippen LogP contribution in [-0.4, -0.2) is 103 Å². The second kappa shape index (κ2) is 12.7. The largest absolute Gasteiger partial charge is 0.444 e. The number of carbonyl (C=O) groups is 3. The molecule has 10 nitrogen and oxygen atoms in total. The first-order valence-corrected chi connectivity index (χ1v) is 15.1. The standard InChI is InChI=1S/C33H44N6O4/c1-33(2,3)43-32(42)38-16-14-37(15-17-38)31(41)35-28(19-25-20-34-27-12-8-7-11-26(25)27)30(40)39-22-23(21-36(4)5)18-24-10-6-9-13-29(24)39/h6-13,20,23,28,34H,14-19,21-22H2,1-5H3,(H,35,41)/t23-,28?/m0/s1. The van der Waals surface area contributed by atoms with Crippen LogP contribution in [0.2, 0.25) is 0 Å². The number of hydrogen-bond donors (Lipinski definition) is 2. The molecule has 230 valence electrons. The van der Waals surface area contributed by atoms with Gasteiger partial charge in [-0.15, -0.1) is 0 Å². The fourth-order valence-electron chi connectivity index (χ4n) is 6.09. The summed E-state index contributed by atoms with van der Waals surface area (Å²) in [6, 6.07) is 15.0. The number of para-hydroxylation sites is 2. The van der Waals surface area contributed by atoms with Crippen molar-refractivity contribution in [2.24, 2.45) is 5.92 Å². The number of aromatic amines is 1. The Hall–Kier alpha value is -4.05. The van der Waals surface area contributed by atoms with Crippen molar-refractivity contribution < 1.29 is 19.1 Å². The molecule has 2 N–H and O–H groups in total. The number of fused-ring (bicyclic) bond motifs is 2. The van der Waals surface area contributed by atoms with Gasteiger partial charge in [-0.1, -0.05) is 36.4 Å². The number of carbonyl (C=O) groups excluding carboxylic acids is 3. The van der Waals surface area contributed by atoms with Crippen LogP contribution in [0.15, 0.2) is 54.7 Å². The van der Waals surface area contributed by atoms with Crippen LogP contribution in [0.5, 0.6) is 0 Å². The quantitative estimate of drug-likeness (QED) is 0.452. The van der Waals surface area contributed by atoms with Crippen LogP contribution in [0, 0.1) is 5.92 Å². The van der Waals surface area contributed by atoms with Gasteiger partial charge in [-0.3, -0.25) is 4.79 Å². The normalized spacial score (nSPS) is 18.0. The minimum absolute atomic E-state index is 0.123. The van der Waals surface area contributed by atoms with Crippen LogP contribution in [0.1, 0.15) is 31.9 Å². The van der Waals surface area contributed by atoms with Gasteiger partial charge in [-0.25, -0.2) is 9.59 Å². The zero-order valence-electron chi connectivity index (χ0n) is 25.9. The average molecular weight is 589 g/mol. The monoisotopic (exact) mass is 588 g/mol. The van der Waals surface area contributed by atoms with Gasteiger partial charge >= 0.3 is 12.1 Å². The van der Waals surface area contributed by atoms with E-state index >= 15 is 0 Å². The van der Waals surface area contributed by atoms with E-state index in [0.29, 0.717) is 39.1 Å². The number of piperazine rings is 1. The van der Waals surface area contributed by atoms with Crippen molar-refractivity contribution in [3.05, 3.63) is 65.9 Å². The Morgan fingerprint density at radius 2 is 1.67 bits per heavy atom. The Kier molecular flexibility index (Phi) is 8.96. The Balaban J connectivity index is 1.36. The van der Waals surface area contributed by atoms with E-state index in [2.05, 4.69) is 35.4 Å². The van der Waals surface area contributed by atoms with Gasteiger partial charge in [0.2, 0.25) is 5.91 Å². The molecule has 1 saturated heterocycles. The van der Waals surface area contributed by atoms with Crippen molar-refractivity contribution in [2.45, 2.75) is 45.3 Å². The Morgan fingerprint density at radius 1 is 1.00 bits per heavy atom. The fraction of sp³-hybridized carbons (Fsp3) is 0.485. The summed E-state index contributed by atoms with van der Waals surface area (Å²) in [6.45, 7) is 8.41. The zero-order valence-corrected chi connectivity index (χ0v) is 25.9. The molecule has 4 amide bonds. The number of nitrogens with one attached hydrogen (secondary N) is 2. The lowest BCUT2D eigenvalue weighted by Crippen LogP contribution is -2.58. The fourth-order valence-corrected chi connectivity index (χ4v) is 6.09. The van der Waals surface area contributed by atoms with Crippen LogP contribution in [-0.2, 0) is 22.4 Å². The maximum atomic E-state index is 14.4. The molecule has 0 aliphatic carbocycles. The van der Waals surface area contributed by atoms with E-state index in [1.54, 1.807) is 9.80 Å². The number of benzene rings is 2. The molecule has 3 heterocycles. The molecule has 0 spiro atoms. The molecule has 1 fully saturated rings. The summed E-state index contributed by atoms with van der Waals surface area (Å²) < 4.78 is 5.50. The number of amides is 4.